The Hall–Kier alpha value is -3.18. The number of hydrogen-bond donors (Lipinski definition) is 3. The molecule has 0 aliphatic carbocycles. The van der Waals surface area contributed by atoms with Gasteiger partial charge in [-0.05, 0) is 36.4 Å². The van der Waals surface area contributed by atoms with Crippen LogP contribution in [0, 0.1) is 0 Å². The zero-order valence-corrected chi connectivity index (χ0v) is 24.3. The highest BCUT2D eigenvalue weighted by Gasteiger charge is 2.22. The average molecular weight is 580 g/mol. The van der Waals surface area contributed by atoms with Crippen LogP contribution in [0.5, 0.6) is 17.2 Å². The van der Waals surface area contributed by atoms with Crippen molar-refractivity contribution in [2.24, 2.45) is 0 Å². The van der Waals surface area contributed by atoms with Crippen LogP contribution < -0.4 is 14.2 Å². The summed E-state index contributed by atoms with van der Waals surface area (Å²) in [5, 5.41) is 32.3. The van der Waals surface area contributed by atoms with Crippen molar-refractivity contribution in [3.8, 4) is 17.2 Å². The third-order valence-electron chi connectivity index (χ3n) is 7.16. The van der Waals surface area contributed by atoms with Crippen LogP contribution in [0.2, 0.25) is 0 Å². The molecule has 1 aliphatic rings. The molecule has 3 N–H and O–H groups in total. The molecule has 1 saturated heterocycles. The van der Waals surface area contributed by atoms with Gasteiger partial charge in [0.1, 0.15) is 55.4 Å². The molecule has 228 valence electrons. The molecule has 4 rings (SSSR count). The Balaban J connectivity index is 1.31. The van der Waals surface area contributed by atoms with Crippen molar-refractivity contribution in [1.82, 2.24) is 14.7 Å². The molecule has 0 spiro atoms. The number of benzene rings is 3. The van der Waals surface area contributed by atoms with E-state index < -0.39 is 18.3 Å². The Bertz CT molecular complexity index is 957. The second-order valence-electron chi connectivity index (χ2n) is 10.7. The first kappa shape index (κ1) is 31.7. The maximum Gasteiger partial charge on any atom is 0.119 e. The summed E-state index contributed by atoms with van der Waals surface area (Å²) in [6, 6.07) is 28.5. The first-order valence-electron chi connectivity index (χ1n) is 14.8. The summed E-state index contributed by atoms with van der Waals surface area (Å²) in [7, 11) is 0. The maximum atomic E-state index is 10.8. The second-order valence-corrected chi connectivity index (χ2v) is 10.7. The number of aliphatic hydroxyl groups is 3. The first-order chi connectivity index (χ1) is 20.5. The fourth-order valence-corrected chi connectivity index (χ4v) is 4.91. The lowest BCUT2D eigenvalue weighted by molar-refractivity contribution is 0.0535. The average Bonchev–Trinajstić information content (AvgIpc) is 3.11. The summed E-state index contributed by atoms with van der Waals surface area (Å²) in [6.07, 6.45) is -1.95. The van der Waals surface area contributed by atoms with Crippen LogP contribution in [0.15, 0.2) is 91.0 Å². The summed E-state index contributed by atoms with van der Waals surface area (Å²) in [4.78, 5) is 6.68. The van der Waals surface area contributed by atoms with Crippen molar-refractivity contribution in [3.63, 3.8) is 0 Å². The molecule has 0 saturated carbocycles. The van der Waals surface area contributed by atoms with Gasteiger partial charge in [-0.1, -0.05) is 54.6 Å². The van der Waals surface area contributed by atoms with E-state index in [0.29, 0.717) is 19.6 Å². The van der Waals surface area contributed by atoms with Crippen LogP contribution in [-0.4, -0.2) is 127 Å². The zero-order valence-electron chi connectivity index (χ0n) is 24.3. The molecule has 9 heteroatoms. The van der Waals surface area contributed by atoms with Gasteiger partial charge >= 0.3 is 0 Å². The summed E-state index contributed by atoms with van der Waals surface area (Å²) in [5.41, 5.74) is 0. The normalized spacial score (nSPS) is 17.8. The lowest BCUT2D eigenvalue weighted by Crippen LogP contribution is -2.43. The molecule has 3 unspecified atom stereocenters. The summed E-state index contributed by atoms with van der Waals surface area (Å²) in [5.74, 6) is 2.20. The van der Waals surface area contributed by atoms with Crippen LogP contribution in [0.1, 0.15) is 0 Å². The van der Waals surface area contributed by atoms with Crippen molar-refractivity contribution < 1.29 is 29.5 Å². The van der Waals surface area contributed by atoms with Gasteiger partial charge in [-0.15, -0.1) is 0 Å². The van der Waals surface area contributed by atoms with E-state index in [1.165, 1.54) is 0 Å². The topological polar surface area (TPSA) is 98.1 Å². The van der Waals surface area contributed by atoms with E-state index in [0.717, 1.165) is 56.5 Å². The number of nitrogens with zero attached hydrogens (tertiary/aromatic N) is 3. The monoisotopic (exact) mass is 579 g/mol. The van der Waals surface area contributed by atoms with Crippen molar-refractivity contribution in [2.75, 3.05) is 78.7 Å². The molecule has 42 heavy (non-hydrogen) atoms. The molecule has 0 aromatic heterocycles. The third kappa shape index (κ3) is 12.0. The van der Waals surface area contributed by atoms with E-state index in [9.17, 15) is 15.3 Å². The standard InChI is InChI=1S/C33H45N3O6/c37-28(25-40-31-10-4-1-5-11-31)22-34-16-18-35(23-29(38)26-41-32-12-6-2-7-13-32)20-21-36(19-17-34)24-30(39)27-42-33-14-8-3-9-15-33/h1-15,28-30,37-39H,16-27H2. The molecule has 0 amide bonds. The highest BCUT2D eigenvalue weighted by molar-refractivity contribution is 5.22. The number of rotatable bonds is 15. The largest absolute Gasteiger partial charge is 0.491 e. The number of para-hydroxylation sites is 3. The molecule has 9 nitrogen and oxygen atoms in total. The molecule has 1 aliphatic heterocycles. The molecule has 3 aromatic carbocycles. The maximum absolute atomic E-state index is 10.8. The Kier molecular flexibility index (Phi) is 13.4. The summed E-state index contributed by atoms with van der Waals surface area (Å²) < 4.78 is 17.3. The molecule has 0 bridgehead atoms. The minimum atomic E-state index is -0.650. The lowest BCUT2D eigenvalue weighted by atomic mass is 10.3. The van der Waals surface area contributed by atoms with E-state index in [1.807, 2.05) is 91.0 Å². The van der Waals surface area contributed by atoms with Gasteiger partial charge in [0, 0.05) is 58.9 Å². The Morgan fingerprint density at radius 2 is 0.667 bits per heavy atom. The molecule has 3 atom stereocenters. The molecular formula is C33H45N3O6. The van der Waals surface area contributed by atoms with Gasteiger partial charge < -0.3 is 29.5 Å². The van der Waals surface area contributed by atoms with Crippen LogP contribution in [0.3, 0.4) is 0 Å². The lowest BCUT2D eigenvalue weighted by Gasteiger charge is -2.28. The van der Waals surface area contributed by atoms with E-state index >= 15 is 0 Å². The van der Waals surface area contributed by atoms with E-state index in [4.69, 9.17) is 14.2 Å². The number of β-amino-alcohol motifs (C(OH)–C–C–N with tert-alkyl or cyclic N) is 3. The van der Waals surface area contributed by atoms with Gasteiger partial charge in [0.2, 0.25) is 0 Å². The summed E-state index contributed by atoms with van der Waals surface area (Å²) in [6.45, 7) is 6.45. The quantitative estimate of drug-likeness (QED) is 0.250. The SMILES string of the molecule is OC(COc1ccccc1)CN1CCN(CC(O)COc2ccccc2)CCN(CC(O)COc2ccccc2)CC1. The van der Waals surface area contributed by atoms with Crippen LogP contribution in [0.25, 0.3) is 0 Å². The molecular weight excluding hydrogens is 534 g/mol. The van der Waals surface area contributed by atoms with Crippen LogP contribution in [0.4, 0.5) is 0 Å². The molecule has 1 fully saturated rings. The van der Waals surface area contributed by atoms with E-state index in [1.54, 1.807) is 0 Å². The molecule has 1 heterocycles. The van der Waals surface area contributed by atoms with Gasteiger partial charge in [-0.2, -0.15) is 0 Å². The van der Waals surface area contributed by atoms with Crippen molar-refractivity contribution in [3.05, 3.63) is 91.0 Å². The fraction of sp³-hybridized carbons (Fsp3) is 0.455. The third-order valence-corrected chi connectivity index (χ3v) is 7.16. The van der Waals surface area contributed by atoms with Gasteiger partial charge in [-0.25, -0.2) is 0 Å². The number of hydrogen-bond acceptors (Lipinski definition) is 9. The number of ether oxygens (including phenoxy) is 3. The van der Waals surface area contributed by atoms with Crippen molar-refractivity contribution in [2.45, 2.75) is 18.3 Å². The second kappa shape index (κ2) is 17.7. The summed E-state index contributed by atoms with van der Waals surface area (Å²) >= 11 is 0. The number of aliphatic hydroxyl groups excluding tert-OH is 3. The Morgan fingerprint density at radius 1 is 0.429 bits per heavy atom. The zero-order chi connectivity index (χ0) is 29.4. The smallest absolute Gasteiger partial charge is 0.119 e. The van der Waals surface area contributed by atoms with Gasteiger partial charge in [0.15, 0.2) is 0 Å². The minimum Gasteiger partial charge on any atom is -0.491 e. The van der Waals surface area contributed by atoms with Gasteiger partial charge in [0.25, 0.3) is 0 Å². The van der Waals surface area contributed by atoms with Crippen LogP contribution >= 0.6 is 0 Å². The van der Waals surface area contributed by atoms with E-state index in [2.05, 4.69) is 14.7 Å². The minimum absolute atomic E-state index is 0.207. The highest BCUT2D eigenvalue weighted by atomic mass is 16.5. The van der Waals surface area contributed by atoms with E-state index in [-0.39, 0.29) is 19.8 Å². The Morgan fingerprint density at radius 3 is 0.905 bits per heavy atom. The molecule has 3 aromatic rings. The van der Waals surface area contributed by atoms with Gasteiger partial charge in [-0.3, -0.25) is 14.7 Å². The van der Waals surface area contributed by atoms with Crippen molar-refractivity contribution in [1.29, 1.82) is 0 Å². The van der Waals surface area contributed by atoms with Crippen LogP contribution in [-0.2, 0) is 0 Å². The van der Waals surface area contributed by atoms with Gasteiger partial charge in [0.05, 0.1) is 0 Å². The van der Waals surface area contributed by atoms with Crippen molar-refractivity contribution >= 4 is 0 Å². The highest BCUT2D eigenvalue weighted by Crippen LogP contribution is 2.12. The molecule has 0 radical (unpaired) electrons. The first-order valence-corrected chi connectivity index (χ1v) is 14.8. The predicted molar refractivity (Wildman–Crippen MR) is 163 cm³/mol. The fourth-order valence-electron chi connectivity index (χ4n) is 4.91. The Labute approximate surface area is 249 Å². The predicted octanol–water partition coefficient (Wildman–Crippen LogP) is 2.23.